The van der Waals surface area contributed by atoms with Gasteiger partial charge in [0.15, 0.2) is 0 Å². The Bertz CT molecular complexity index is 812. The lowest BCUT2D eigenvalue weighted by Crippen LogP contribution is -2.30. The second kappa shape index (κ2) is 34.4. The molecule has 0 aromatic heterocycles. The van der Waals surface area contributed by atoms with E-state index in [1.165, 1.54) is 116 Å². The molecule has 0 spiro atoms. The Balaban J connectivity index is 4.32. The SMILES string of the molecule is CCCCCCCC/C=C\CCCCCCC(C(=O)CCCCCCCCCCCCCCCCC)C(=O)OCC(O)COP(=O)(O)O. The Morgan fingerprint density at radius 3 is 1.42 bits per heavy atom. The van der Waals surface area contributed by atoms with Crippen LogP contribution in [0.25, 0.3) is 0 Å². The van der Waals surface area contributed by atoms with Crippen LogP contribution in [0.15, 0.2) is 12.2 Å². The number of Topliss-reactive ketones (excluding diaryl/α,β-unsaturated/α-hetero) is 1. The predicted octanol–water partition coefficient (Wildman–Crippen LogP) is 11.1. The first-order valence-electron chi connectivity index (χ1n) is 19.9. The van der Waals surface area contributed by atoms with Crippen LogP contribution >= 0.6 is 7.82 Å². The van der Waals surface area contributed by atoms with E-state index in [1.807, 2.05) is 0 Å². The van der Waals surface area contributed by atoms with Crippen molar-refractivity contribution in [1.82, 2.24) is 0 Å². The molecule has 2 unspecified atom stereocenters. The van der Waals surface area contributed by atoms with Crippen LogP contribution in [0.1, 0.15) is 200 Å². The minimum Gasteiger partial charge on any atom is -0.462 e. The number of unbranched alkanes of at least 4 members (excludes halogenated alkanes) is 24. The van der Waals surface area contributed by atoms with Gasteiger partial charge in [0.25, 0.3) is 0 Å². The zero-order chi connectivity index (χ0) is 35.6. The number of hydrogen-bond acceptors (Lipinski definition) is 6. The highest BCUT2D eigenvalue weighted by Crippen LogP contribution is 2.35. The molecule has 0 fully saturated rings. The van der Waals surface area contributed by atoms with Crippen molar-refractivity contribution in [2.75, 3.05) is 13.2 Å². The molecule has 0 rings (SSSR count). The molecular weight excluding hydrogens is 627 g/mol. The van der Waals surface area contributed by atoms with Gasteiger partial charge in [0, 0.05) is 6.42 Å². The van der Waals surface area contributed by atoms with Crippen molar-refractivity contribution in [3.63, 3.8) is 0 Å². The first-order chi connectivity index (χ1) is 23.2. The molecule has 0 radical (unpaired) electrons. The van der Waals surface area contributed by atoms with Crippen molar-refractivity contribution in [2.45, 2.75) is 206 Å². The zero-order valence-electron chi connectivity index (χ0n) is 31.1. The van der Waals surface area contributed by atoms with E-state index in [-0.39, 0.29) is 5.78 Å². The van der Waals surface area contributed by atoms with Crippen molar-refractivity contribution in [1.29, 1.82) is 0 Å². The Morgan fingerprint density at radius 1 is 0.583 bits per heavy atom. The summed E-state index contributed by atoms with van der Waals surface area (Å²) < 4.78 is 20.3. The monoisotopic (exact) mass is 703 g/mol. The van der Waals surface area contributed by atoms with Gasteiger partial charge in [0.1, 0.15) is 24.4 Å². The normalized spacial score (nSPS) is 13.3. The van der Waals surface area contributed by atoms with Crippen LogP contribution in [0, 0.1) is 5.92 Å². The number of aliphatic hydroxyl groups excluding tert-OH is 1. The quantitative estimate of drug-likeness (QED) is 0.0192. The van der Waals surface area contributed by atoms with Gasteiger partial charge in [-0.15, -0.1) is 0 Å². The van der Waals surface area contributed by atoms with E-state index >= 15 is 0 Å². The Hall–Kier alpha value is -1.05. The van der Waals surface area contributed by atoms with Crippen LogP contribution in [0.3, 0.4) is 0 Å². The van der Waals surface area contributed by atoms with E-state index in [1.54, 1.807) is 0 Å². The second-order valence-corrected chi connectivity index (χ2v) is 15.0. The zero-order valence-corrected chi connectivity index (χ0v) is 32.0. The van der Waals surface area contributed by atoms with E-state index in [0.717, 1.165) is 57.8 Å². The van der Waals surface area contributed by atoms with Crippen molar-refractivity contribution in [3.8, 4) is 0 Å². The molecule has 3 N–H and O–H groups in total. The lowest BCUT2D eigenvalue weighted by Gasteiger charge is -2.17. The fraction of sp³-hybridized carbons (Fsp3) is 0.897. The van der Waals surface area contributed by atoms with E-state index < -0.39 is 39.0 Å². The molecule has 0 aliphatic carbocycles. The van der Waals surface area contributed by atoms with Crippen molar-refractivity contribution in [2.24, 2.45) is 5.92 Å². The van der Waals surface area contributed by atoms with Gasteiger partial charge in [0.2, 0.25) is 0 Å². The summed E-state index contributed by atoms with van der Waals surface area (Å²) in [5, 5.41) is 9.91. The molecule has 0 aliphatic rings. The molecule has 0 saturated heterocycles. The summed E-state index contributed by atoms with van der Waals surface area (Å²) >= 11 is 0. The Morgan fingerprint density at radius 2 is 0.979 bits per heavy atom. The van der Waals surface area contributed by atoms with E-state index in [2.05, 4.69) is 30.5 Å². The fourth-order valence-corrected chi connectivity index (χ4v) is 6.37. The number of carbonyl (C=O) groups excluding carboxylic acids is 2. The molecule has 0 heterocycles. The summed E-state index contributed by atoms with van der Waals surface area (Å²) in [6.45, 7) is 3.35. The maximum Gasteiger partial charge on any atom is 0.469 e. The van der Waals surface area contributed by atoms with E-state index in [0.29, 0.717) is 12.8 Å². The van der Waals surface area contributed by atoms with Gasteiger partial charge in [-0.2, -0.15) is 0 Å². The van der Waals surface area contributed by atoms with Crippen molar-refractivity contribution in [3.05, 3.63) is 12.2 Å². The molecule has 0 amide bonds. The third-order valence-electron chi connectivity index (χ3n) is 9.06. The summed E-state index contributed by atoms with van der Waals surface area (Å²) in [6.07, 6.45) is 36.5. The van der Waals surface area contributed by atoms with Gasteiger partial charge in [-0.1, -0.05) is 167 Å². The molecule has 0 aromatic rings. The first kappa shape index (κ1) is 47.0. The molecule has 0 bridgehead atoms. The molecule has 48 heavy (non-hydrogen) atoms. The summed E-state index contributed by atoms with van der Waals surface area (Å²) in [6, 6.07) is 0. The largest absolute Gasteiger partial charge is 0.469 e. The Kier molecular flexibility index (Phi) is 33.6. The Labute approximate surface area is 294 Å². The minimum absolute atomic E-state index is 0.117. The molecule has 0 aliphatic heterocycles. The molecule has 284 valence electrons. The molecule has 9 heteroatoms. The number of phosphoric acid groups is 1. The van der Waals surface area contributed by atoms with Crippen LogP contribution in [0.5, 0.6) is 0 Å². The number of aliphatic hydroxyl groups is 1. The fourth-order valence-electron chi connectivity index (χ4n) is 6.01. The number of esters is 1. The minimum atomic E-state index is -4.74. The van der Waals surface area contributed by atoms with Crippen LogP contribution in [0.4, 0.5) is 0 Å². The van der Waals surface area contributed by atoms with Gasteiger partial charge < -0.3 is 19.6 Å². The average Bonchev–Trinajstić information content (AvgIpc) is 3.05. The highest BCUT2D eigenvalue weighted by Gasteiger charge is 2.28. The lowest BCUT2D eigenvalue weighted by molar-refractivity contribution is -0.155. The maximum absolute atomic E-state index is 13.1. The van der Waals surface area contributed by atoms with Gasteiger partial charge >= 0.3 is 13.8 Å². The van der Waals surface area contributed by atoms with Crippen molar-refractivity contribution < 1.29 is 38.3 Å². The highest BCUT2D eigenvalue weighted by atomic mass is 31.2. The molecule has 0 aromatic carbocycles. The van der Waals surface area contributed by atoms with Crippen LogP contribution in [-0.4, -0.2) is 46.0 Å². The van der Waals surface area contributed by atoms with Gasteiger partial charge in [-0.05, 0) is 38.5 Å². The molecule has 2 atom stereocenters. The lowest BCUT2D eigenvalue weighted by atomic mass is 9.93. The number of allylic oxidation sites excluding steroid dienone is 2. The summed E-state index contributed by atoms with van der Waals surface area (Å²) in [5.41, 5.74) is 0. The average molecular weight is 703 g/mol. The smallest absolute Gasteiger partial charge is 0.462 e. The van der Waals surface area contributed by atoms with Gasteiger partial charge in [0.05, 0.1) is 6.61 Å². The van der Waals surface area contributed by atoms with Crippen LogP contribution in [0.2, 0.25) is 0 Å². The van der Waals surface area contributed by atoms with Gasteiger partial charge in [-0.3, -0.25) is 14.1 Å². The topological polar surface area (TPSA) is 130 Å². The summed E-state index contributed by atoms with van der Waals surface area (Å²) in [7, 11) is -4.74. The van der Waals surface area contributed by atoms with E-state index in [9.17, 15) is 19.3 Å². The predicted molar refractivity (Wildman–Crippen MR) is 198 cm³/mol. The highest BCUT2D eigenvalue weighted by molar-refractivity contribution is 7.46. The summed E-state index contributed by atoms with van der Waals surface area (Å²) in [5.74, 6) is -1.66. The number of ether oxygens (including phenoxy) is 1. The number of phosphoric ester groups is 1. The third kappa shape index (κ3) is 33.4. The van der Waals surface area contributed by atoms with Crippen molar-refractivity contribution >= 4 is 19.6 Å². The van der Waals surface area contributed by atoms with Crippen LogP contribution in [-0.2, 0) is 23.4 Å². The molecule has 0 saturated carbocycles. The van der Waals surface area contributed by atoms with E-state index in [4.69, 9.17) is 14.5 Å². The second-order valence-electron chi connectivity index (χ2n) is 13.8. The number of carbonyl (C=O) groups is 2. The van der Waals surface area contributed by atoms with Gasteiger partial charge in [-0.25, -0.2) is 4.57 Å². The maximum atomic E-state index is 13.1. The van der Waals surface area contributed by atoms with Crippen LogP contribution < -0.4 is 0 Å². The first-order valence-corrected chi connectivity index (χ1v) is 21.5. The molecule has 8 nitrogen and oxygen atoms in total. The number of ketones is 1. The molecular formula is C39H75O8P. The standard InChI is InChI=1S/C39H75O8P/c1-3-5-7-9-11-13-15-17-19-21-23-25-27-29-31-33-38(41)37(39(42)46-34-36(40)35-47-48(43,44)45)32-30-28-26-24-22-20-18-16-14-12-10-8-6-4-2/h18,20,36-37,40H,3-17,19,21-35H2,1-2H3,(H2,43,44,45)/b20-18-. The number of rotatable bonds is 37. The third-order valence-corrected chi connectivity index (χ3v) is 9.54. The number of hydrogen-bond donors (Lipinski definition) is 3. The summed E-state index contributed by atoms with van der Waals surface area (Å²) in [4.78, 5) is 43.6.